The molecule has 1 aliphatic heterocycles. The van der Waals surface area contributed by atoms with Crippen molar-refractivity contribution >= 4 is 23.3 Å². The molecule has 4 aromatic rings. The maximum absolute atomic E-state index is 5.53. The van der Waals surface area contributed by atoms with Gasteiger partial charge in [0.2, 0.25) is 6.79 Å². The highest BCUT2D eigenvalue weighted by Crippen LogP contribution is 2.35. The molecule has 0 N–H and O–H groups in total. The number of aryl methyl sites for hydroxylation is 1. The Hall–Kier alpha value is -2.91. The number of hydrogen-bond donors (Lipinski definition) is 0. The van der Waals surface area contributed by atoms with Crippen LogP contribution in [-0.4, -0.2) is 30.9 Å². The first-order chi connectivity index (χ1) is 14.3. The fraction of sp³-hybridized carbons (Fsp3) is 0.200. The average Bonchev–Trinajstić information content (AvgIpc) is 3.49. The first kappa shape index (κ1) is 18.1. The minimum absolute atomic E-state index is 0.262. The Bertz CT molecular complexity index is 1140. The summed E-state index contributed by atoms with van der Waals surface area (Å²) in [5, 5.41) is 9.70. The maximum atomic E-state index is 5.53. The van der Waals surface area contributed by atoms with E-state index in [2.05, 4.69) is 24.1 Å². The molecule has 0 unspecified atom stereocenters. The van der Waals surface area contributed by atoms with Crippen molar-refractivity contribution in [2.45, 2.75) is 29.4 Å². The van der Waals surface area contributed by atoms with E-state index in [0.717, 1.165) is 50.2 Å². The maximum Gasteiger partial charge on any atom is 0.231 e. The lowest BCUT2D eigenvalue weighted by molar-refractivity contribution is 0.174. The summed E-state index contributed by atoms with van der Waals surface area (Å²) in [6.45, 7) is 2.92. The van der Waals surface area contributed by atoms with Crippen LogP contribution in [0.15, 0.2) is 58.0 Å². The summed E-state index contributed by atoms with van der Waals surface area (Å²) in [5.74, 6) is 3.20. The lowest BCUT2D eigenvalue weighted by atomic mass is 10.2. The summed E-state index contributed by atoms with van der Waals surface area (Å²) in [4.78, 5) is 4.55. The molecule has 0 saturated carbocycles. The van der Waals surface area contributed by atoms with E-state index in [1.165, 1.54) is 23.3 Å². The van der Waals surface area contributed by atoms with E-state index >= 15 is 0 Å². The Morgan fingerprint density at radius 2 is 1.93 bits per heavy atom. The Balaban J connectivity index is 1.52. The highest BCUT2D eigenvalue weighted by molar-refractivity contribution is 8.00. The summed E-state index contributed by atoms with van der Waals surface area (Å²) >= 11 is 2.88. The molecule has 146 valence electrons. The molecule has 1 aliphatic rings. The predicted molar refractivity (Wildman–Crippen MR) is 111 cm³/mol. The molecule has 0 bridgehead atoms. The van der Waals surface area contributed by atoms with Gasteiger partial charge < -0.3 is 9.47 Å². The number of nitrogens with zero attached hydrogens (tertiary/aromatic N) is 5. The van der Waals surface area contributed by atoms with Crippen LogP contribution in [-0.2, 0) is 13.0 Å². The van der Waals surface area contributed by atoms with Gasteiger partial charge in [0, 0.05) is 12.0 Å². The Morgan fingerprint density at radius 3 is 2.76 bits per heavy atom. The molecular weight excluding hydrogens is 406 g/mol. The molecule has 7 nitrogen and oxygen atoms in total. The zero-order valence-corrected chi connectivity index (χ0v) is 17.2. The molecule has 2 aromatic heterocycles. The monoisotopic (exact) mass is 423 g/mol. The molecular formula is C20H17N5O2S2. The van der Waals surface area contributed by atoms with Crippen LogP contribution >= 0.6 is 23.3 Å². The molecule has 2 aromatic carbocycles. The van der Waals surface area contributed by atoms with Gasteiger partial charge in [-0.3, -0.25) is 4.57 Å². The van der Waals surface area contributed by atoms with Gasteiger partial charge in [-0.15, -0.1) is 10.2 Å². The van der Waals surface area contributed by atoms with Crippen molar-refractivity contribution in [1.82, 2.24) is 24.1 Å². The van der Waals surface area contributed by atoms with Crippen LogP contribution in [0, 0.1) is 0 Å². The van der Waals surface area contributed by atoms with Crippen molar-refractivity contribution in [3.8, 4) is 22.9 Å². The fourth-order valence-electron chi connectivity index (χ4n) is 3.03. The van der Waals surface area contributed by atoms with Crippen molar-refractivity contribution in [3.63, 3.8) is 0 Å². The molecule has 0 fully saturated rings. The largest absolute Gasteiger partial charge is 0.454 e. The van der Waals surface area contributed by atoms with Crippen molar-refractivity contribution in [2.24, 2.45) is 0 Å². The Morgan fingerprint density at radius 1 is 1.07 bits per heavy atom. The van der Waals surface area contributed by atoms with Gasteiger partial charge in [0.15, 0.2) is 26.8 Å². The molecule has 3 heterocycles. The highest BCUT2D eigenvalue weighted by atomic mass is 32.2. The number of benzene rings is 2. The second-order valence-corrected chi connectivity index (χ2v) is 8.34. The topological polar surface area (TPSA) is 75.0 Å². The molecule has 0 amide bonds. The second kappa shape index (κ2) is 7.84. The predicted octanol–water partition coefficient (Wildman–Crippen LogP) is 4.29. The van der Waals surface area contributed by atoms with E-state index in [0.29, 0.717) is 6.54 Å². The second-order valence-electron chi connectivity index (χ2n) is 6.38. The summed E-state index contributed by atoms with van der Waals surface area (Å²) in [6, 6.07) is 16.0. The molecule has 0 radical (unpaired) electrons. The van der Waals surface area contributed by atoms with E-state index in [1.54, 1.807) is 0 Å². The van der Waals surface area contributed by atoms with Crippen LogP contribution in [0.5, 0.6) is 11.5 Å². The molecule has 0 atom stereocenters. The van der Waals surface area contributed by atoms with E-state index in [4.69, 9.17) is 9.47 Å². The van der Waals surface area contributed by atoms with Gasteiger partial charge in [-0.25, -0.2) is 4.98 Å². The van der Waals surface area contributed by atoms with E-state index in [1.807, 2.05) is 55.5 Å². The summed E-state index contributed by atoms with van der Waals surface area (Å²) in [5.41, 5.74) is 2.10. The van der Waals surface area contributed by atoms with Crippen molar-refractivity contribution in [3.05, 3.63) is 59.9 Å². The van der Waals surface area contributed by atoms with Gasteiger partial charge in [-0.2, -0.15) is 4.37 Å². The van der Waals surface area contributed by atoms with Gasteiger partial charge in [0.1, 0.15) is 5.82 Å². The van der Waals surface area contributed by atoms with Crippen LogP contribution in [0.4, 0.5) is 0 Å². The SMILES string of the molecule is CCc1nsc(Sc2nnc(-c3ccccc3)n2Cc2ccc3c(c2)OCO3)n1. The van der Waals surface area contributed by atoms with Crippen LogP contribution in [0.1, 0.15) is 18.3 Å². The number of aromatic nitrogens is 5. The third-order valence-corrected chi connectivity index (χ3v) is 6.24. The molecule has 5 rings (SSSR count). The van der Waals surface area contributed by atoms with Gasteiger partial charge >= 0.3 is 0 Å². The van der Waals surface area contributed by atoms with Crippen molar-refractivity contribution in [1.29, 1.82) is 0 Å². The van der Waals surface area contributed by atoms with Crippen LogP contribution in [0.3, 0.4) is 0 Å². The zero-order valence-electron chi connectivity index (χ0n) is 15.6. The van der Waals surface area contributed by atoms with Crippen LogP contribution < -0.4 is 9.47 Å². The molecule has 29 heavy (non-hydrogen) atoms. The molecule has 0 spiro atoms. The van der Waals surface area contributed by atoms with Crippen molar-refractivity contribution in [2.75, 3.05) is 6.79 Å². The zero-order chi connectivity index (χ0) is 19.6. The highest BCUT2D eigenvalue weighted by Gasteiger charge is 2.19. The molecule has 9 heteroatoms. The third-order valence-electron chi connectivity index (χ3n) is 4.47. The smallest absolute Gasteiger partial charge is 0.231 e. The normalized spacial score (nSPS) is 12.4. The number of rotatable bonds is 6. The van der Waals surface area contributed by atoms with Gasteiger partial charge in [-0.05, 0) is 41.0 Å². The average molecular weight is 424 g/mol. The van der Waals surface area contributed by atoms with Gasteiger partial charge in [0.25, 0.3) is 0 Å². The molecule has 0 aliphatic carbocycles. The van der Waals surface area contributed by atoms with Crippen LogP contribution in [0.25, 0.3) is 11.4 Å². The quantitative estimate of drug-likeness (QED) is 0.458. The lowest BCUT2D eigenvalue weighted by Gasteiger charge is -2.10. The molecule has 0 saturated heterocycles. The number of ether oxygens (including phenoxy) is 2. The fourth-order valence-corrected chi connectivity index (χ4v) is 4.66. The summed E-state index contributed by atoms with van der Waals surface area (Å²) in [6.07, 6.45) is 0.816. The minimum atomic E-state index is 0.262. The first-order valence-corrected chi connectivity index (χ1v) is 10.8. The minimum Gasteiger partial charge on any atom is -0.454 e. The lowest BCUT2D eigenvalue weighted by Crippen LogP contribution is -2.04. The third kappa shape index (κ3) is 3.70. The Kier molecular flexibility index (Phi) is 4.91. The number of fused-ring (bicyclic) bond motifs is 1. The van der Waals surface area contributed by atoms with Crippen molar-refractivity contribution < 1.29 is 9.47 Å². The van der Waals surface area contributed by atoms with E-state index in [-0.39, 0.29) is 6.79 Å². The van der Waals surface area contributed by atoms with Crippen LogP contribution in [0.2, 0.25) is 0 Å². The summed E-state index contributed by atoms with van der Waals surface area (Å²) in [7, 11) is 0. The van der Waals surface area contributed by atoms with E-state index in [9.17, 15) is 0 Å². The van der Waals surface area contributed by atoms with Gasteiger partial charge in [-0.1, -0.05) is 43.3 Å². The standard InChI is InChI=1S/C20H17N5O2S2/c1-2-17-21-20(29-24-17)28-19-23-22-18(14-6-4-3-5-7-14)25(19)11-13-8-9-15-16(10-13)27-12-26-15/h3-10H,2,11-12H2,1H3. The van der Waals surface area contributed by atoms with Gasteiger partial charge in [0.05, 0.1) is 6.54 Å². The Labute approximate surface area is 175 Å². The first-order valence-electron chi connectivity index (χ1n) is 9.17. The van der Waals surface area contributed by atoms with E-state index < -0.39 is 0 Å². The summed E-state index contributed by atoms with van der Waals surface area (Å²) < 4.78 is 18.3. The number of hydrogen-bond acceptors (Lipinski definition) is 8.